The molecule has 20 heavy (non-hydrogen) atoms. The molecule has 3 unspecified atom stereocenters. The molecule has 2 aliphatic rings. The van der Waals surface area contributed by atoms with Crippen molar-refractivity contribution in [2.24, 2.45) is 11.8 Å². The second kappa shape index (κ2) is 5.05. The Morgan fingerprint density at radius 2 is 2.15 bits per heavy atom. The first-order chi connectivity index (χ1) is 9.54. The van der Waals surface area contributed by atoms with Gasteiger partial charge in [0.15, 0.2) is 0 Å². The van der Waals surface area contributed by atoms with E-state index in [9.17, 15) is 0 Å². The minimum Gasteiger partial charge on any atom is -0.497 e. The Bertz CT molecular complexity index is 486. The van der Waals surface area contributed by atoms with Crippen LogP contribution in [-0.4, -0.2) is 37.2 Å². The molecule has 0 bridgehead atoms. The Labute approximate surface area is 122 Å². The second-order valence-electron chi connectivity index (χ2n) is 6.78. The van der Waals surface area contributed by atoms with Gasteiger partial charge in [0.2, 0.25) is 0 Å². The fourth-order valence-corrected chi connectivity index (χ4v) is 4.19. The van der Waals surface area contributed by atoms with Gasteiger partial charge in [0.1, 0.15) is 5.75 Å². The quantitative estimate of drug-likeness (QED) is 0.917. The molecule has 0 spiro atoms. The number of likely N-dealkylation sites (tertiary alicyclic amines) is 1. The lowest BCUT2D eigenvalue weighted by molar-refractivity contribution is 0.0969. The van der Waals surface area contributed by atoms with Crippen molar-refractivity contribution >= 4 is 0 Å². The molecule has 110 valence electrons. The topological polar surface area (TPSA) is 24.5 Å². The van der Waals surface area contributed by atoms with E-state index in [0.29, 0.717) is 6.04 Å². The van der Waals surface area contributed by atoms with Gasteiger partial charge in [-0.15, -0.1) is 0 Å². The molecule has 2 fully saturated rings. The molecule has 2 saturated heterocycles. The van der Waals surface area contributed by atoms with Crippen molar-refractivity contribution in [2.75, 3.05) is 26.7 Å². The minimum atomic E-state index is 0.261. The molecule has 0 saturated carbocycles. The summed E-state index contributed by atoms with van der Waals surface area (Å²) in [6.45, 7) is 10.7. The largest absolute Gasteiger partial charge is 0.497 e. The van der Waals surface area contributed by atoms with Gasteiger partial charge in [-0.3, -0.25) is 4.90 Å². The highest BCUT2D eigenvalue weighted by molar-refractivity contribution is 5.31. The SMILES string of the molecule is COc1cccc(C(C)N2CC3CNCC3C2(C)C)c1. The number of nitrogens with zero attached hydrogens (tertiary/aromatic N) is 1. The molecule has 0 radical (unpaired) electrons. The lowest BCUT2D eigenvalue weighted by atomic mass is 9.84. The van der Waals surface area contributed by atoms with Crippen molar-refractivity contribution in [1.82, 2.24) is 10.2 Å². The van der Waals surface area contributed by atoms with Crippen LogP contribution in [0.2, 0.25) is 0 Å². The Morgan fingerprint density at radius 3 is 2.85 bits per heavy atom. The highest BCUT2D eigenvalue weighted by atomic mass is 16.5. The summed E-state index contributed by atoms with van der Waals surface area (Å²) in [4.78, 5) is 2.68. The van der Waals surface area contributed by atoms with Crippen molar-refractivity contribution in [3.05, 3.63) is 29.8 Å². The molecule has 0 amide bonds. The van der Waals surface area contributed by atoms with Crippen LogP contribution < -0.4 is 10.1 Å². The summed E-state index contributed by atoms with van der Waals surface area (Å²) in [5.41, 5.74) is 1.61. The number of hydrogen-bond acceptors (Lipinski definition) is 3. The van der Waals surface area contributed by atoms with Crippen LogP contribution in [0.4, 0.5) is 0 Å². The summed E-state index contributed by atoms with van der Waals surface area (Å²) >= 11 is 0. The highest BCUT2D eigenvalue weighted by Crippen LogP contribution is 2.45. The normalized spacial score (nSPS) is 30.2. The summed E-state index contributed by atoms with van der Waals surface area (Å²) < 4.78 is 5.37. The van der Waals surface area contributed by atoms with E-state index >= 15 is 0 Å². The first-order valence-electron chi connectivity index (χ1n) is 7.65. The maximum absolute atomic E-state index is 5.37. The predicted octanol–water partition coefficient (Wildman–Crippen LogP) is 2.69. The smallest absolute Gasteiger partial charge is 0.119 e. The lowest BCUT2D eigenvalue weighted by Crippen LogP contribution is -2.45. The van der Waals surface area contributed by atoms with Gasteiger partial charge in [0.05, 0.1) is 7.11 Å². The van der Waals surface area contributed by atoms with Crippen LogP contribution in [-0.2, 0) is 0 Å². The lowest BCUT2D eigenvalue weighted by Gasteiger charge is -2.40. The molecule has 3 rings (SSSR count). The van der Waals surface area contributed by atoms with Gasteiger partial charge >= 0.3 is 0 Å². The number of hydrogen-bond donors (Lipinski definition) is 1. The summed E-state index contributed by atoms with van der Waals surface area (Å²) in [5, 5.41) is 3.55. The fraction of sp³-hybridized carbons (Fsp3) is 0.647. The monoisotopic (exact) mass is 274 g/mol. The summed E-state index contributed by atoms with van der Waals surface area (Å²) in [6, 6.07) is 8.94. The van der Waals surface area contributed by atoms with Crippen molar-refractivity contribution < 1.29 is 4.74 Å². The first-order valence-corrected chi connectivity index (χ1v) is 7.65. The molecule has 0 aliphatic carbocycles. The number of fused-ring (bicyclic) bond motifs is 1. The van der Waals surface area contributed by atoms with Crippen molar-refractivity contribution in [3.8, 4) is 5.75 Å². The molecular weight excluding hydrogens is 248 g/mol. The van der Waals surface area contributed by atoms with Crippen LogP contribution in [0.5, 0.6) is 5.75 Å². The van der Waals surface area contributed by atoms with Crippen LogP contribution in [0.25, 0.3) is 0 Å². The van der Waals surface area contributed by atoms with Gasteiger partial charge in [-0.1, -0.05) is 12.1 Å². The van der Waals surface area contributed by atoms with Gasteiger partial charge in [-0.05, 0) is 56.8 Å². The molecular formula is C17H26N2O. The van der Waals surface area contributed by atoms with E-state index in [1.807, 2.05) is 6.07 Å². The molecule has 1 N–H and O–H groups in total. The minimum absolute atomic E-state index is 0.261. The fourth-order valence-electron chi connectivity index (χ4n) is 4.19. The predicted molar refractivity (Wildman–Crippen MR) is 82.0 cm³/mol. The van der Waals surface area contributed by atoms with Crippen molar-refractivity contribution in [3.63, 3.8) is 0 Å². The third-order valence-corrected chi connectivity index (χ3v) is 5.46. The number of benzene rings is 1. The van der Waals surface area contributed by atoms with Crippen LogP contribution in [0, 0.1) is 11.8 Å². The molecule has 3 heteroatoms. The summed E-state index contributed by atoms with van der Waals surface area (Å²) in [7, 11) is 1.74. The van der Waals surface area contributed by atoms with E-state index in [0.717, 1.165) is 17.6 Å². The third-order valence-electron chi connectivity index (χ3n) is 5.46. The molecule has 1 aromatic carbocycles. The molecule has 3 atom stereocenters. The Morgan fingerprint density at radius 1 is 1.35 bits per heavy atom. The molecule has 2 heterocycles. The Hall–Kier alpha value is -1.06. The number of methoxy groups -OCH3 is 1. The van der Waals surface area contributed by atoms with Gasteiger partial charge in [-0.2, -0.15) is 0 Å². The maximum atomic E-state index is 5.37. The summed E-state index contributed by atoms with van der Waals surface area (Å²) in [6.07, 6.45) is 0. The average molecular weight is 274 g/mol. The number of ether oxygens (including phenoxy) is 1. The first kappa shape index (κ1) is 13.9. The van der Waals surface area contributed by atoms with E-state index in [1.54, 1.807) is 7.11 Å². The number of rotatable bonds is 3. The van der Waals surface area contributed by atoms with E-state index in [-0.39, 0.29) is 5.54 Å². The molecule has 1 aromatic rings. The summed E-state index contributed by atoms with van der Waals surface area (Å²) in [5.74, 6) is 2.53. The zero-order valence-electron chi connectivity index (χ0n) is 13.0. The standard InChI is InChI=1S/C17H26N2O/c1-12(13-6-5-7-15(8-13)20-4)19-11-14-9-18-10-16(14)17(19,2)3/h5-8,12,14,16,18H,9-11H2,1-4H3. The van der Waals surface area contributed by atoms with Gasteiger partial charge in [-0.25, -0.2) is 0 Å². The van der Waals surface area contributed by atoms with Crippen LogP contribution in [0.1, 0.15) is 32.4 Å². The average Bonchev–Trinajstić information content (AvgIpc) is 3.01. The van der Waals surface area contributed by atoms with E-state index in [4.69, 9.17) is 4.74 Å². The molecule has 0 aromatic heterocycles. The molecule has 3 nitrogen and oxygen atoms in total. The van der Waals surface area contributed by atoms with Gasteiger partial charge < -0.3 is 10.1 Å². The third kappa shape index (κ3) is 2.13. The van der Waals surface area contributed by atoms with Crippen molar-refractivity contribution in [1.29, 1.82) is 0 Å². The maximum Gasteiger partial charge on any atom is 0.119 e. The zero-order chi connectivity index (χ0) is 14.3. The van der Waals surface area contributed by atoms with Crippen LogP contribution >= 0.6 is 0 Å². The second-order valence-corrected chi connectivity index (χ2v) is 6.78. The van der Waals surface area contributed by atoms with Gasteiger partial charge in [0.25, 0.3) is 0 Å². The number of nitrogens with one attached hydrogen (secondary N) is 1. The van der Waals surface area contributed by atoms with E-state index < -0.39 is 0 Å². The highest BCUT2D eigenvalue weighted by Gasteiger charge is 2.50. The van der Waals surface area contributed by atoms with Crippen LogP contribution in [0.15, 0.2) is 24.3 Å². The van der Waals surface area contributed by atoms with E-state index in [2.05, 4.69) is 49.2 Å². The van der Waals surface area contributed by atoms with Gasteiger partial charge in [0, 0.05) is 24.7 Å². The zero-order valence-corrected chi connectivity index (χ0v) is 13.0. The van der Waals surface area contributed by atoms with Crippen molar-refractivity contribution in [2.45, 2.75) is 32.4 Å². The van der Waals surface area contributed by atoms with E-state index in [1.165, 1.54) is 25.2 Å². The Balaban J connectivity index is 1.85. The van der Waals surface area contributed by atoms with Crippen LogP contribution in [0.3, 0.4) is 0 Å². The molecule has 2 aliphatic heterocycles. The Kier molecular flexibility index (Phi) is 3.51.